The molecule has 0 aliphatic heterocycles. The Morgan fingerprint density at radius 3 is 2.69 bits per heavy atom. The van der Waals surface area contributed by atoms with E-state index in [1.54, 1.807) is 12.5 Å². The lowest BCUT2D eigenvalue weighted by Gasteiger charge is -2.08. The molecule has 2 aromatic heterocycles. The minimum absolute atomic E-state index is 0.173. The molecule has 0 saturated heterocycles. The Labute approximate surface area is 149 Å². The highest BCUT2D eigenvalue weighted by Crippen LogP contribution is 2.15. The molecule has 1 amide bonds. The van der Waals surface area contributed by atoms with Gasteiger partial charge in [-0.3, -0.25) is 4.79 Å². The maximum Gasteiger partial charge on any atom is 0.255 e. The first-order valence-corrected chi connectivity index (χ1v) is 7.97. The van der Waals surface area contributed by atoms with E-state index in [4.69, 9.17) is 0 Å². The third-order valence-corrected chi connectivity index (χ3v) is 3.86. The predicted octanol–water partition coefficient (Wildman–Crippen LogP) is 2.16. The van der Waals surface area contributed by atoms with Crippen LogP contribution < -0.4 is 5.32 Å². The summed E-state index contributed by atoms with van der Waals surface area (Å²) in [6.45, 7) is 0.718. The molecular weight excluding hydrogens is 330 g/mol. The van der Waals surface area contributed by atoms with E-state index >= 15 is 0 Å². The lowest BCUT2D eigenvalue weighted by atomic mass is 10.1. The Morgan fingerprint density at radius 2 is 1.96 bits per heavy atom. The molecule has 0 saturated carbocycles. The summed E-state index contributed by atoms with van der Waals surface area (Å²) in [5.74, 6) is -0.173. The zero-order chi connectivity index (χ0) is 17.8. The molecule has 128 valence electrons. The van der Waals surface area contributed by atoms with E-state index in [1.807, 2.05) is 59.3 Å². The van der Waals surface area contributed by atoms with Crippen molar-refractivity contribution >= 4 is 11.6 Å². The van der Waals surface area contributed by atoms with Crippen molar-refractivity contribution in [3.05, 3.63) is 84.7 Å². The number of anilines is 1. The molecule has 2 heterocycles. The van der Waals surface area contributed by atoms with E-state index in [2.05, 4.69) is 25.8 Å². The van der Waals surface area contributed by atoms with Gasteiger partial charge in [-0.25, -0.2) is 9.67 Å². The molecule has 4 rings (SSSR count). The van der Waals surface area contributed by atoms with Crippen LogP contribution in [0.5, 0.6) is 0 Å². The van der Waals surface area contributed by atoms with Gasteiger partial charge in [-0.1, -0.05) is 18.2 Å². The topological polar surface area (TPSA) is 90.5 Å². The minimum Gasteiger partial charge on any atom is -0.333 e. The van der Waals surface area contributed by atoms with Crippen molar-refractivity contribution in [3.63, 3.8) is 0 Å². The fourth-order valence-electron chi connectivity index (χ4n) is 2.56. The van der Waals surface area contributed by atoms with Gasteiger partial charge in [-0.2, -0.15) is 0 Å². The van der Waals surface area contributed by atoms with Gasteiger partial charge in [0.2, 0.25) is 0 Å². The lowest BCUT2D eigenvalue weighted by molar-refractivity contribution is 0.102. The Hall–Kier alpha value is -3.81. The van der Waals surface area contributed by atoms with Crippen molar-refractivity contribution in [1.29, 1.82) is 0 Å². The van der Waals surface area contributed by atoms with E-state index in [0.29, 0.717) is 11.3 Å². The summed E-state index contributed by atoms with van der Waals surface area (Å²) in [5.41, 5.74) is 3.13. The maximum atomic E-state index is 12.5. The molecule has 0 aliphatic carbocycles. The van der Waals surface area contributed by atoms with Crippen LogP contribution in [0.25, 0.3) is 5.69 Å². The molecule has 0 aliphatic rings. The largest absolute Gasteiger partial charge is 0.333 e. The zero-order valence-electron chi connectivity index (χ0n) is 13.7. The van der Waals surface area contributed by atoms with Gasteiger partial charge in [-0.15, -0.1) is 5.10 Å². The molecule has 0 fully saturated rings. The number of amides is 1. The second kappa shape index (κ2) is 6.98. The fraction of sp³-hybridized carbons (Fsp3) is 0.0556. The lowest BCUT2D eigenvalue weighted by Crippen LogP contribution is -2.12. The quantitative estimate of drug-likeness (QED) is 0.598. The maximum absolute atomic E-state index is 12.5. The number of tetrazole rings is 1. The van der Waals surface area contributed by atoms with Gasteiger partial charge in [0.15, 0.2) is 0 Å². The number of carbonyl (C=O) groups is 1. The fourth-order valence-corrected chi connectivity index (χ4v) is 2.56. The first kappa shape index (κ1) is 15.7. The number of benzene rings is 2. The van der Waals surface area contributed by atoms with Gasteiger partial charge in [0, 0.05) is 30.2 Å². The summed E-state index contributed by atoms with van der Waals surface area (Å²) in [7, 11) is 0. The van der Waals surface area contributed by atoms with Gasteiger partial charge in [0.25, 0.3) is 5.91 Å². The number of rotatable bonds is 5. The standard InChI is InChI=1S/C18H15N7O/c26-18(15-6-4-14(5-7-15)11-24-9-8-19-12-24)21-16-2-1-3-17(10-16)25-13-20-22-23-25/h1-10,12-13H,11H2,(H,21,26). The molecule has 0 unspecified atom stereocenters. The average Bonchev–Trinajstić information content (AvgIpc) is 3.37. The van der Waals surface area contributed by atoms with Gasteiger partial charge in [0.1, 0.15) is 6.33 Å². The smallest absolute Gasteiger partial charge is 0.255 e. The summed E-state index contributed by atoms with van der Waals surface area (Å²) in [5, 5.41) is 14.0. The first-order valence-electron chi connectivity index (χ1n) is 7.97. The minimum atomic E-state index is -0.173. The molecular formula is C18H15N7O. The second-order valence-electron chi connectivity index (χ2n) is 5.69. The van der Waals surface area contributed by atoms with Gasteiger partial charge in [0.05, 0.1) is 12.0 Å². The first-order chi connectivity index (χ1) is 12.8. The molecule has 1 N–H and O–H groups in total. The third-order valence-electron chi connectivity index (χ3n) is 3.86. The van der Waals surface area contributed by atoms with Crippen molar-refractivity contribution < 1.29 is 4.79 Å². The molecule has 4 aromatic rings. The highest BCUT2D eigenvalue weighted by atomic mass is 16.1. The van der Waals surface area contributed by atoms with Gasteiger partial charge >= 0.3 is 0 Å². The number of nitrogens with one attached hydrogen (secondary N) is 1. The summed E-state index contributed by atoms with van der Waals surface area (Å²) in [6, 6.07) is 14.8. The van der Waals surface area contributed by atoms with Crippen molar-refractivity contribution in [2.75, 3.05) is 5.32 Å². The molecule has 0 bridgehead atoms. The van der Waals surface area contributed by atoms with Crippen molar-refractivity contribution in [3.8, 4) is 5.69 Å². The number of nitrogens with zero attached hydrogens (tertiary/aromatic N) is 6. The third kappa shape index (κ3) is 3.48. The van der Waals surface area contributed by atoms with Crippen LogP contribution >= 0.6 is 0 Å². The highest BCUT2D eigenvalue weighted by Gasteiger charge is 2.07. The molecule has 0 spiro atoms. The van der Waals surface area contributed by atoms with Crippen LogP contribution in [0.3, 0.4) is 0 Å². The number of hydrogen-bond acceptors (Lipinski definition) is 5. The Bertz CT molecular complexity index is 992. The van der Waals surface area contributed by atoms with Crippen molar-refractivity contribution in [1.82, 2.24) is 29.8 Å². The average molecular weight is 345 g/mol. The van der Waals surface area contributed by atoms with Crippen molar-refractivity contribution in [2.24, 2.45) is 0 Å². The summed E-state index contributed by atoms with van der Waals surface area (Å²) >= 11 is 0. The molecule has 2 aromatic carbocycles. The Morgan fingerprint density at radius 1 is 1.08 bits per heavy atom. The number of carbonyl (C=O) groups excluding carboxylic acids is 1. The summed E-state index contributed by atoms with van der Waals surface area (Å²) in [6.07, 6.45) is 6.90. The Kier molecular flexibility index (Phi) is 4.21. The van der Waals surface area contributed by atoms with Crippen LogP contribution in [-0.4, -0.2) is 35.7 Å². The summed E-state index contributed by atoms with van der Waals surface area (Å²) < 4.78 is 3.50. The highest BCUT2D eigenvalue weighted by molar-refractivity contribution is 6.04. The monoisotopic (exact) mass is 345 g/mol. The second-order valence-corrected chi connectivity index (χ2v) is 5.69. The zero-order valence-corrected chi connectivity index (χ0v) is 13.7. The van der Waals surface area contributed by atoms with E-state index < -0.39 is 0 Å². The van der Waals surface area contributed by atoms with Crippen LogP contribution in [0.15, 0.2) is 73.6 Å². The SMILES string of the molecule is O=C(Nc1cccc(-n2cnnn2)c1)c1ccc(Cn2ccnc2)cc1. The van der Waals surface area contributed by atoms with E-state index in [-0.39, 0.29) is 5.91 Å². The van der Waals surface area contributed by atoms with Crippen LogP contribution in [-0.2, 0) is 6.54 Å². The number of aromatic nitrogens is 6. The predicted molar refractivity (Wildman–Crippen MR) is 94.9 cm³/mol. The van der Waals surface area contributed by atoms with Crippen molar-refractivity contribution in [2.45, 2.75) is 6.54 Å². The summed E-state index contributed by atoms with van der Waals surface area (Å²) in [4.78, 5) is 16.5. The number of hydrogen-bond donors (Lipinski definition) is 1. The van der Waals surface area contributed by atoms with Gasteiger partial charge < -0.3 is 9.88 Å². The van der Waals surface area contributed by atoms with Crippen LogP contribution in [0.4, 0.5) is 5.69 Å². The number of imidazole rings is 1. The molecule has 8 nitrogen and oxygen atoms in total. The molecule has 0 radical (unpaired) electrons. The van der Waals surface area contributed by atoms with Crippen LogP contribution in [0.2, 0.25) is 0 Å². The van der Waals surface area contributed by atoms with Crippen LogP contribution in [0, 0.1) is 0 Å². The molecule has 8 heteroatoms. The normalized spacial score (nSPS) is 10.6. The molecule has 0 atom stereocenters. The van der Waals surface area contributed by atoms with Gasteiger partial charge in [-0.05, 0) is 46.3 Å². The molecule has 26 heavy (non-hydrogen) atoms. The van der Waals surface area contributed by atoms with E-state index in [0.717, 1.165) is 17.8 Å². The van der Waals surface area contributed by atoms with E-state index in [1.165, 1.54) is 11.0 Å². The van der Waals surface area contributed by atoms with E-state index in [9.17, 15) is 4.79 Å². The van der Waals surface area contributed by atoms with Crippen LogP contribution in [0.1, 0.15) is 15.9 Å². The Balaban J connectivity index is 1.45.